The van der Waals surface area contributed by atoms with Crippen LogP contribution >= 0.6 is 0 Å². The molecule has 7 heteroatoms. The Kier molecular flexibility index (Phi) is 6.40. The lowest BCUT2D eigenvalue weighted by molar-refractivity contribution is -0.117. The van der Waals surface area contributed by atoms with Crippen LogP contribution in [0.3, 0.4) is 0 Å². The molecule has 0 aliphatic heterocycles. The second-order valence-electron chi connectivity index (χ2n) is 7.77. The third kappa shape index (κ3) is 4.72. The number of nitrogens with zero attached hydrogens (tertiary/aromatic N) is 2. The van der Waals surface area contributed by atoms with E-state index in [4.69, 9.17) is 4.74 Å². The second-order valence-corrected chi connectivity index (χ2v) is 7.77. The molecule has 168 valence electrons. The maximum Gasteiger partial charge on any atom is 0.335 e. The quantitative estimate of drug-likeness (QED) is 0.403. The summed E-state index contributed by atoms with van der Waals surface area (Å²) in [5, 5.41) is 12.3. The van der Waals surface area contributed by atoms with Crippen molar-refractivity contribution in [2.24, 2.45) is 0 Å². The van der Waals surface area contributed by atoms with Gasteiger partial charge in [0, 0.05) is 11.3 Å². The monoisotopic (exact) mass is 443 g/mol. The fraction of sp³-hybridized carbons (Fsp3) is 0.192. The summed E-state index contributed by atoms with van der Waals surface area (Å²) >= 11 is 0. The van der Waals surface area contributed by atoms with Crippen LogP contribution in [0.5, 0.6) is 5.75 Å². The number of carbonyl (C=O) groups is 2. The number of hydrogen-bond donors (Lipinski definition) is 2. The van der Waals surface area contributed by atoms with Gasteiger partial charge in [0.05, 0.1) is 42.5 Å². The van der Waals surface area contributed by atoms with Gasteiger partial charge >= 0.3 is 5.97 Å². The molecule has 0 aliphatic carbocycles. The van der Waals surface area contributed by atoms with E-state index in [1.807, 2.05) is 60.0 Å². The van der Waals surface area contributed by atoms with Crippen LogP contribution in [-0.2, 0) is 11.3 Å². The Balaban J connectivity index is 1.59. The number of carboxylic acid groups (broad SMARTS) is 1. The van der Waals surface area contributed by atoms with Crippen LogP contribution in [0.2, 0.25) is 0 Å². The van der Waals surface area contributed by atoms with Gasteiger partial charge in [-0.25, -0.2) is 9.78 Å². The predicted octanol–water partition coefficient (Wildman–Crippen LogP) is 4.92. The van der Waals surface area contributed by atoms with Crippen LogP contribution in [0.25, 0.3) is 11.0 Å². The number of imidazole rings is 1. The first kappa shape index (κ1) is 22.1. The maximum absolute atomic E-state index is 13.0. The van der Waals surface area contributed by atoms with Crippen molar-refractivity contribution in [1.29, 1.82) is 0 Å². The van der Waals surface area contributed by atoms with Gasteiger partial charge in [-0.3, -0.25) is 4.79 Å². The molecule has 0 bridgehead atoms. The first-order valence-corrected chi connectivity index (χ1v) is 10.7. The number of aromatic carboxylic acids is 1. The molecule has 0 saturated heterocycles. The summed E-state index contributed by atoms with van der Waals surface area (Å²) in [6, 6.07) is 20.2. The molecule has 7 nitrogen and oxygen atoms in total. The fourth-order valence-electron chi connectivity index (χ4n) is 3.94. The minimum absolute atomic E-state index is 0.0555. The van der Waals surface area contributed by atoms with Gasteiger partial charge in [0.2, 0.25) is 5.91 Å². The summed E-state index contributed by atoms with van der Waals surface area (Å²) < 4.78 is 7.34. The number of ether oxygens (including phenoxy) is 1. The maximum atomic E-state index is 13.0. The van der Waals surface area contributed by atoms with Crippen molar-refractivity contribution in [2.45, 2.75) is 25.8 Å². The largest absolute Gasteiger partial charge is 0.496 e. The Morgan fingerprint density at radius 2 is 1.88 bits per heavy atom. The molecule has 4 rings (SSSR count). The SMILES string of the molecule is CCC(C(=O)Nc1ccc2ncn(Cc3ccc(C(=O)O)cc3OC)c2c1)c1ccccc1. The van der Waals surface area contributed by atoms with Gasteiger partial charge in [-0.15, -0.1) is 0 Å². The lowest BCUT2D eigenvalue weighted by Gasteiger charge is -2.16. The van der Waals surface area contributed by atoms with Gasteiger partial charge in [0.1, 0.15) is 5.75 Å². The summed E-state index contributed by atoms with van der Waals surface area (Å²) in [4.78, 5) is 28.7. The van der Waals surface area contributed by atoms with Gasteiger partial charge in [-0.2, -0.15) is 0 Å². The lowest BCUT2D eigenvalue weighted by Crippen LogP contribution is -2.20. The molecule has 1 amide bonds. The molecule has 1 heterocycles. The van der Waals surface area contributed by atoms with E-state index in [0.717, 1.165) is 22.2 Å². The van der Waals surface area contributed by atoms with E-state index in [1.54, 1.807) is 18.5 Å². The van der Waals surface area contributed by atoms with E-state index in [9.17, 15) is 14.7 Å². The Labute approximate surface area is 191 Å². The van der Waals surface area contributed by atoms with Crippen LogP contribution < -0.4 is 10.1 Å². The molecule has 0 fully saturated rings. The normalized spacial score (nSPS) is 11.8. The number of nitrogens with one attached hydrogen (secondary N) is 1. The Morgan fingerprint density at radius 1 is 1.09 bits per heavy atom. The molecule has 0 radical (unpaired) electrons. The minimum atomic E-state index is -1.01. The van der Waals surface area contributed by atoms with E-state index in [2.05, 4.69) is 10.3 Å². The minimum Gasteiger partial charge on any atom is -0.496 e. The predicted molar refractivity (Wildman–Crippen MR) is 127 cm³/mol. The Hall–Kier alpha value is -4.13. The van der Waals surface area contributed by atoms with E-state index in [-0.39, 0.29) is 17.4 Å². The highest BCUT2D eigenvalue weighted by molar-refractivity contribution is 5.97. The highest BCUT2D eigenvalue weighted by Crippen LogP contribution is 2.26. The molecule has 0 spiro atoms. The van der Waals surface area contributed by atoms with Crippen molar-refractivity contribution in [3.05, 3.63) is 89.7 Å². The summed E-state index contributed by atoms with van der Waals surface area (Å²) in [6.45, 7) is 2.44. The number of fused-ring (bicyclic) bond motifs is 1. The van der Waals surface area contributed by atoms with Crippen molar-refractivity contribution in [1.82, 2.24) is 9.55 Å². The number of aromatic nitrogens is 2. The van der Waals surface area contributed by atoms with Crippen molar-refractivity contribution in [3.8, 4) is 5.75 Å². The van der Waals surface area contributed by atoms with E-state index >= 15 is 0 Å². The first-order chi connectivity index (χ1) is 16.0. The zero-order chi connectivity index (χ0) is 23.4. The molecule has 3 aromatic carbocycles. The summed E-state index contributed by atoms with van der Waals surface area (Å²) in [7, 11) is 1.51. The second kappa shape index (κ2) is 9.56. The smallest absolute Gasteiger partial charge is 0.335 e. The van der Waals surface area contributed by atoms with E-state index in [1.165, 1.54) is 13.2 Å². The number of hydrogen-bond acceptors (Lipinski definition) is 4. The summed E-state index contributed by atoms with van der Waals surface area (Å²) in [6.07, 6.45) is 2.42. The Morgan fingerprint density at radius 3 is 2.58 bits per heavy atom. The average molecular weight is 444 g/mol. The van der Waals surface area contributed by atoms with E-state index in [0.29, 0.717) is 24.4 Å². The first-order valence-electron chi connectivity index (χ1n) is 10.7. The number of carboxylic acids is 1. The third-order valence-electron chi connectivity index (χ3n) is 5.69. The van der Waals surface area contributed by atoms with Crippen LogP contribution in [0, 0.1) is 0 Å². The van der Waals surface area contributed by atoms with Crippen molar-refractivity contribution in [3.63, 3.8) is 0 Å². The highest BCUT2D eigenvalue weighted by Gasteiger charge is 2.19. The molecule has 1 atom stereocenters. The number of amides is 1. The van der Waals surface area contributed by atoms with Crippen LogP contribution in [0.4, 0.5) is 5.69 Å². The zero-order valence-electron chi connectivity index (χ0n) is 18.5. The molecule has 33 heavy (non-hydrogen) atoms. The standard InChI is InChI=1S/C26H25N3O4/c1-3-21(17-7-5-4-6-8-17)25(30)28-20-11-12-22-23(14-20)29(16-27-22)15-19-10-9-18(26(31)32)13-24(19)33-2/h4-14,16,21H,3,15H2,1-2H3,(H,28,30)(H,31,32). The van der Waals surface area contributed by atoms with E-state index < -0.39 is 5.97 Å². The zero-order valence-corrected chi connectivity index (χ0v) is 18.5. The summed E-state index contributed by atoms with van der Waals surface area (Å²) in [5.74, 6) is -0.798. The van der Waals surface area contributed by atoms with Gasteiger partial charge in [-0.1, -0.05) is 43.3 Å². The van der Waals surface area contributed by atoms with Gasteiger partial charge in [-0.05, 0) is 42.3 Å². The van der Waals surface area contributed by atoms with Gasteiger partial charge < -0.3 is 19.7 Å². The molecule has 1 aromatic heterocycles. The van der Waals surface area contributed by atoms with Gasteiger partial charge in [0.25, 0.3) is 0 Å². The molecule has 2 N–H and O–H groups in total. The van der Waals surface area contributed by atoms with Crippen molar-refractivity contribution < 1.29 is 19.4 Å². The number of rotatable bonds is 8. The highest BCUT2D eigenvalue weighted by atomic mass is 16.5. The van der Waals surface area contributed by atoms with Crippen LogP contribution in [0.1, 0.15) is 40.7 Å². The fourth-order valence-corrected chi connectivity index (χ4v) is 3.94. The Bertz CT molecular complexity index is 1300. The van der Waals surface area contributed by atoms with Crippen LogP contribution in [-0.4, -0.2) is 33.6 Å². The van der Waals surface area contributed by atoms with Crippen molar-refractivity contribution in [2.75, 3.05) is 12.4 Å². The van der Waals surface area contributed by atoms with Gasteiger partial charge in [0.15, 0.2) is 0 Å². The number of anilines is 1. The summed E-state index contributed by atoms with van der Waals surface area (Å²) in [5.41, 5.74) is 4.32. The number of benzene rings is 3. The number of methoxy groups -OCH3 is 1. The van der Waals surface area contributed by atoms with Crippen molar-refractivity contribution >= 4 is 28.6 Å². The van der Waals surface area contributed by atoms with Crippen LogP contribution in [0.15, 0.2) is 73.1 Å². The molecule has 1 unspecified atom stereocenters. The lowest BCUT2D eigenvalue weighted by atomic mass is 9.95. The third-order valence-corrected chi connectivity index (χ3v) is 5.69. The molecule has 0 saturated carbocycles. The molecule has 4 aromatic rings. The average Bonchev–Trinajstić information content (AvgIpc) is 3.22. The molecular formula is C26H25N3O4. The number of carbonyl (C=O) groups excluding carboxylic acids is 1. The molecule has 0 aliphatic rings. The topological polar surface area (TPSA) is 93.5 Å². The molecular weight excluding hydrogens is 418 g/mol.